The molecule has 4 aromatic rings. The van der Waals surface area contributed by atoms with Crippen molar-refractivity contribution in [2.75, 3.05) is 19.0 Å². The van der Waals surface area contributed by atoms with Crippen LogP contribution in [0.2, 0.25) is 0 Å². The highest BCUT2D eigenvalue weighted by atomic mass is 16.4. The standard InChI is InChI=1S/C23H20N4O4/c1-13-18(12-14-4-8-16(9-5-14)26(2)3)22(29)27(20-19(13)21(28)25-24-20)17-10-6-15(7-11-17)23(30)31/h4-12H,1H2,2-3H3,(H,30,31)(H2,24,25,28). The second-order valence-corrected chi connectivity index (χ2v) is 7.32. The number of nitrogens with zero attached hydrogens (tertiary/aromatic N) is 2. The summed E-state index contributed by atoms with van der Waals surface area (Å²) >= 11 is 0. The third-order valence-electron chi connectivity index (χ3n) is 5.14. The molecule has 156 valence electrons. The third kappa shape index (κ3) is 3.44. The fourth-order valence-electron chi connectivity index (χ4n) is 3.47. The number of hydrogen-bond donors (Lipinski definition) is 3. The molecule has 0 spiro atoms. The fraction of sp³-hybridized carbons (Fsp3) is 0.0870. The Morgan fingerprint density at radius 2 is 1.68 bits per heavy atom. The molecule has 0 saturated heterocycles. The number of benzene rings is 2. The molecule has 0 saturated carbocycles. The maximum Gasteiger partial charge on any atom is 0.335 e. The van der Waals surface area contributed by atoms with E-state index in [-0.39, 0.29) is 27.4 Å². The van der Waals surface area contributed by atoms with Crippen LogP contribution >= 0.6 is 0 Å². The summed E-state index contributed by atoms with van der Waals surface area (Å²) in [7, 11) is 3.88. The molecule has 0 bridgehead atoms. The summed E-state index contributed by atoms with van der Waals surface area (Å²) in [5.41, 5.74) is 1.81. The van der Waals surface area contributed by atoms with E-state index in [0.29, 0.717) is 10.9 Å². The number of carboxylic acid groups (broad SMARTS) is 1. The van der Waals surface area contributed by atoms with E-state index < -0.39 is 11.5 Å². The van der Waals surface area contributed by atoms with Gasteiger partial charge in [0.25, 0.3) is 11.1 Å². The van der Waals surface area contributed by atoms with Crippen molar-refractivity contribution >= 4 is 35.3 Å². The van der Waals surface area contributed by atoms with Crippen molar-refractivity contribution in [2.24, 2.45) is 0 Å². The van der Waals surface area contributed by atoms with Crippen LogP contribution in [0.3, 0.4) is 0 Å². The van der Waals surface area contributed by atoms with Crippen molar-refractivity contribution in [1.82, 2.24) is 14.8 Å². The number of H-pyrrole nitrogens is 2. The number of hydrogen-bond acceptors (Lipinski definition) is 4. The second-order valence-electron chi connectivity index (χ2n) is 7.32. The lowest BCUT2D eigenvalue weighted by molar-refractivity contribution is 0.0697. The van der Waals surface area contributed by atoms with E-state index in [1.54, 1.807) is 6.08 Å². The molecule has 8 heteroatoms. The van der Waals surface area contributed by atoms with Crippen LogP contribution in [0.5, 0.6) is 0 Å². The number of anilines is 1. The Morgan fingerprint density at radius 3 is 2.26 bits per heavy atom. The van der Waals surface area contributed by atoms with Gasteiger partial charge in [-0.2, -0.15) is 0 Å². The molecule has 2 heterocycles. The lowest BCUT2D eigenvalue weighted by atomic mass is 10.1. The topological polar surface area (TPSA) is 111 Å². The zero-order valence-corrected chi connectivity index (χ0v) is 17.0. The number of pyridine rings is 1. The number of nitrogens with one attached hydrogen (secondary N) is 2. The van der Waals surface area contributed by atoms with Crippen LogP contribution in [0.15, 0.2) is 58.1 Å². The summed E-state index contributed by atoms with van der Waals surface area (Å²) in [4.78, 5) is 39.0. The Balaban J connectivity index is 2.02. The number of aromatic amines is 2. The fourth-order valence-corrected chi connectivity index (χ4v) is 3.47. The number of rotatable bonds is 4. The molecule has 0 aliphatic carbocycles. The van der Waals surface area contributed by atoms with Crippen molar-refractivity contribution < 1.29 is 9.90 Å². The first-order valence-corrected chi connectivity index (χ1v) is 9.45. The van der Waals surface area contributed by atoms with E-state index in [2.05, 4.69) is 16.8 Å². The highest BCUT2D eigenvalue weighted by Gasteiger charge is 2.14. The van der Waals surface area contributed by atoms with Gasteiger partial charge in [-0.15, -0.1) is 0 Å². The van der Waals surface area contributed by atoms with Crippen molar-refractivity contribution in [3.8, 4) is 5.69 Å². The lowest BCUT2D eigenvalue weighted by Crippen LogP contribution is -2.45. The zero-order valence-electron chi connectivity index (χ0n) is 17.0. The zero-order chi connectivity index (χ0) is 22.3. The van der Waals surface area contributed by atoms with Crippen LogP contribution in [0.25, 0.3) is 29.4 Å². The van der Waals surface area contributed by atoms with Gasteiger partial charge in [0.2, 0.25) is 0 Å². The predicted octanol–water partition coefficient (Wildman–Crippen LogP) is 1.01. The van der Waals surface area contributed by atoms with Crippen LogP contribution in [0.4, 0.5) is 5.69 Å². The van der Waals surface area contributed by atoms with E-state index in [1.165, 1.54) is 28.8 Å². The molecule has 0 fully saturated rings. The molecule has 2 aromatic carbocycles. The molecule has 4 rings (SSSR count). The lowest BCUT2D eigenvalue weighted by Gasteiger charge is -2.12. The summed E-state index contributed by atoms with van der Waals surface area (Å²) in [6.07, 6.45) is 1.69. The molecule has 0 unspecified atom stereocenters. The average Bonchev–Trinajstić information content (AvgIpc) is 3.13. The van der Waals surface area contributed by atoms with Gasteiger partial charge in [-0.25, -0.2) is 4.79 Å². The van der Waals surface area contributed by atoms with Crippen molar-refractivity contribution in [2.45, 2.75) is 0 Å². The van der Waals surface area contributed by atoms with Gasteiger partial charge in [-0.05, 0) is 53.3 Å². The van der Waals surface area contributed by atoms with E-state index >= 15 is 0 Å². The summed E-state index contributed by atoms with van der Waals surface area (Å²) in [6.45, 7) is 3.99. The van der Waals surface area contributed by atoms with Gasteiger partial charge in [0.1, 0.15) is 5.65 Å². The van der Waals surface area contributed by atoms with Gasteiger partial charge in [0.05, 0.1) is 16.6 Å². The Bertz CT molecular complexity index is 1520. The quantitative estimate of drug-likeness (QED) is 0.460. The molecule has 3 N–H and O–H groups in total. The van der Waals surface area contributed by atoms with Crippen LogP contribution in [0, 0.1) is 0 Å². The van der Waals surface area contributed by atoms with Gasteiger partial charge in [0, 0.05) is 25.0 Å². The van der Waals surface area contributed by atoms with E-state index in [9.17, 15) is 14.4 Å². The maximum atomic E-state index is 13.4. The minimum atomic E-state index is -1.07. The highest BCUT2D eigenvalue weighted by Crippen LogP contribution is 2.13. The van der Waals surface area contributed by atoms with Gasteiger partial charge in [-0.3, -0.25) is 24.4 Å². The van der Waals surface area contributed by atoms with E-state index in [0.717, 1.165) is 11.3 Å². The molecular formula is C23H20N4O4. The van der Waals surface area contributed by atoms with Crippen molar-refractivity contribution in [1.29, 1.82) is 0 Å². The minimum absolute atomic E-state index is 0.0946. The third-order valence-corrected chi connectivity index (χ3v) is 5.14. The van der Waals surface area contributed by atoms with E-state index in [4.69, 9.17) is 5.11 Å². The molecule has 0 atom stereocenters. The summed E-state index contributed by atoms with van der Waals surface area (Å²) < 4.78 is 1.34. The molecule has 31 heavy (non-hydrogen) atoms. The van der Waals surface area contributed by atoms with Gasteiger partial charge in [0.15, 0.2) is 0 Å². The van der Waals surface area contributed by atoms with Crippen LogP contribution < -0.4 is 26.5 Å². The number of aromatic carboxylic acids is 1. The largest absolute Gasteiger partial charge is 0.478 e. The van der Waals surface area contributed by atoms with Crippen LogP contribution in [0.1, 0.15) is 15.9 Å². The second kappa shape index (κ2) is 7.49. The van der Waals surface area contributed by atoms with Crippen LogP contribution in [-0.4, -0.2) is 39.9 Å². The number of fused-ring (bicyclic) bond motifs is 1. The molecule has 0 amide bonds. The first kappa shape index (κ1) is 20.0. The van der Waals surface area contributed by atoms with Crippen LogP contribution in [-0.2, 0) is 0 Å². The molecular weight excluding hydrogens is 396 g/mol. The average molecular weight is 416 g/mol. The molecule has 0 aliphatic heterocycles. The Hall–Kier alpha value is -4.33. The van der Waals surface area contributed by atoms with Gasteiger partial charge < -0.3 is 10.0 Å². The highest BCUT2D eigenvalue weighted by molar-refractivity contribution is 5.88. The Kier molecular flexibility index (Phi) is 4.82. The first-order chi connectivity index (χ1) is 14.8. The molecule has 8 nitrogen and oxygen atoms in total. The monoisotopic (exact) mass is 416 g/mol. The maximum absolute atomic E-state index is 13.4. The number of carboxylic acids is 1. The summed E-state index contributed by atoms with van der Waals surface area (Å²) in [5, 5.41) is 15.2. The molecule has 0 aliphatic rings. The van der Waals surface area contributed by atoms with Crippen molar-refractivity contribution in [3.05, 3.63) is 90.8 Å². The summed E-state index contributed by atoms with van der Waals surface area (Å²) in [6, 6.07) is 13.5. The first-order valence-electron chi connectivity index (χ1n) is 9.45. The SMILES string of the molecule is C=c1c(=Cc2ccc(N(C)C)cc2)c(=O)n(-c2ccc(C(=O)O)cc2)c2[nH][nH]c(=O)c12. The number of aromatic nitrogens is 3. The Morgan fingerprint density at radius 1 is 1.03 bits per heavy atom. The van der Waals surface area contributed by atoms with Gasteiger partial charge in [-0.1, -0.05) is 18.7 Å². The summed E-state index contributed by atoms with van der Waals surface area (Å²) in [5.74, 6) is -1.07. The number of carbonyl (C=O) groups is 1. The van der Waals surface area contributed by atoms with Crippen molar-refractivity contribution in [3.63, 3.8) is 0 Å². The normalized spacial score (nSPS) is 11.7. The molecule has 2 aromatic heterocycles. The predicted molar refractivity (Wildman–Crippen MR) is 121 cm³/mol. The van der Waals surface area contributed by atoms with Gasteiger partial charge >= 0.3 is 5.97 Å². The Labute approximate surface area is 176 Å². The minimum Gasteiger partial charge on any atom is -0.478 e. The molecule has 0 radical (unpaired) electrons. The van der Waals surface area contributed by atoms with E-state index in [1.807, 2.05) is 43.3 Å². The smallest absolute Gasteiger partial charge is 0.335 e.